The molecule has 0 aromatic heterocycles. The van der Waals surface area contributed by atoms with E-state index in [-0.39, 0.29) is 5.78 Å². The van der Waals surface area contributed by atoms with E-state index in [1.165, 1.54) is 0 Å². The molecule has 1 rings (SSSR count). The van der Waals surface area contributed by atoms with Crippen LogP contribution in [0.5, 0.6) is 0 Å². The fourth-order valence-corrected chi connectivity index (χ4v) is 1.04. The molecule has 0 amide bonds. The third kappa shape index (κ3) is 3.39. The summed E-state index contributed by atoms with van der Waals surface area (Å²) in [6.45, 7) is 1.57. The fraction of sp³-hybridized carbons (Fsp3) is 0.273. The zero-order chi connectivity index (χ0) is 10.4. The van der Waals surface area contributed by atoms with Gasteiger partial charge in [-0.15, -0.1) is 0 Å². The highest BCUT2D eigenvalue weighted by Crippen LogP contribution is 2.19. The molecule has 0 saturated carbocycles. The molecule has 0 saturated heterocycles. The molecule has 2 N–H and O–H groups in total. The molecule has 0 bridgehead atoms. The fourth-order valence-electron chi connectivity index (χ4n) is 1.04. The monoisotopic (exact) mass is 190 g/mol. The van der Waals surface area contributed by atoms with E-state index in [1.54, 1.807) is 19.2 Å². The van der Waals surface area contributed by atoms with E-state index in [9.17, 15) is 4.79 Å². The molecule has 0 aliphatic heterocycles. The number of nitrogens with zero attached hydrogens (tertiary/aromatic N) is 1. The lowest BCUT2D eigenvalue weighted by Gasteiger charge is -1.97. The number of benzene rings is 1. The van der Waals surface area contributed by atoms with Gasteiger partial charge in [0.05, 0.1) is 11.4 Å². The second-order valence-electron chi connectivity index (χ2n) is 3.11. The average Bonchev–Trinajstić information content (AvgIpc) is 2.15. The summed E-state index contributed by atoms with van der Waals surface area (Å²) in [5, 5.41) is 0. The molecule has 0 unspecified atom stereocenters. The molecule has 14 heavy (non-hydrogen) atoms. The quantitative estimate of drug-likeness (QED) is 0.585. The summed E-state index contributed by atoms with van der Waals surface area (Å²) in [5.41, 5.74) is 7.10. The Bertz CT molecular complexity index is 345. The van der Waals surface area contributed by atoms with Crippen molar-refractivity contribution in [2.45, 2.75) is 19.8 Å². The summed E-state index contributed by atoms with van der Waals surface area (Å²) in [6, 6.07) is 7.40. The second-order valence-corrected chi connectivity index (χ2v) is 3.11. The Balaban J connectivity index is 2.52. The van der Waals surface area contributed by atoms with Crippen molar-refractivity contribution in [1.82, 2.24) is 0 Å². The number of hydrogen-bond acceptors (Lipinski definition) is 3. The van der Waals surface area contributed by atoms with Gasteiger partial charge in [0.2, 0.25) is 0 Å². The number of carbonyl (C=O) groups is 1. The normalized spacial score (nSPS) is 10.6. The van der Waals surface area contributed by atoms with Crippen molar-refractivity contribution in [2.24, 2.45) is 4.99 Å². The van der Waals surface area contributed by atoms with Crippen LogP contribution in [0, 0.1) is 0 Å². The van der Waals surface area contributed by atoms with Gasteiger partial charge in [-0.1, -0.05) is 12.1 Å². The molecular formula is C11H14N2O. The van der Waals surface area contributed by atoms with Crippen molar-refractivity contribution in [3.05, 3.63) is 24.3 Å². The first kappa shape index (κ1) is 10.4. The van der Waals surface area contributed by atoms with Gasteiger partial charge in [0.1, 0.15) is 5.78 Å². The topological polar surface area (TPSA) is 55.5 Å². The van der Waals surface area contributed by atoms with E-state index >= 15 is 0 Å². The predicted octanol–water partition coefficient (Wildman–Crippen LogP) is 2.34. The van der Waals surface area contributed by atoms with Crippen LogP contribution in [0.15, 0.2) is 29.3 Å². The number of para-hydroxylation sites is 2. The van der Waals surface area contributed by atoms with Crippen molar-refractivity contribution in [3.8, 4) is 0 Å². The lowest BCUT2D eigenvalue weighted by molar-refractivity contribution is -0.116. The van der Waals surface area contributed by atoms with Crippen LogP contribution >= 0.6 is 0 Å². The van der Waals surface area contributed by atoms with Gasteiger partial charge in [0.25, 0.3) is 0 Å². The highest BCUT2D eigenvalue weighted by atomic mass is 16.1. The number of carbonyl (C=O) groups excluding carboxylic acids is 1. The molecule has 0 radical (unpaired) electrons. The summed E-state index contributed by atoms with van der Waals surface area (Å²) in [7, 11) is 0. The number of hydrogen-bond donors (Lipinski definition) is 1. The molecule has 1 aromatic carbocycles. The summed E-state index contributed by atoms with van der Waals surface area (Å²) >= 11 is 0. The third-order valence-corrected chi connectivity index (χ3v) is 1.79. The van der Waals surface area contributed by atoms with Crippen molar-refractivity contribution in [2.75, 3.05) is 5.73 Å². The van der Waals surface area contributed by atoms with Crippen molar-refractivity contribution >= 4 is 23.4 Å². The summed E-state index contributed by atoms with van der Waals surface area (Å²) in [4.78, 5) is 14.8. The van der Waals surface area contributed by atoms with Gasteiger partial charge in [0, 0.05) is 12.6 Å². The van der Waals surface area contributed by atoms with Crippen molar-refractivity contribution in [3.63, 3.8) is 0 Å². The van der Waals surface area contributed by atoms with Gasteiger partial charge in [-0.25, -0.2) is 0 Å². The maximum absolute atomic E-state index is 10.6. The van der Waals surface area contributed by atoms with Crippen LogP contribution in [0.4, 0.5) is 11.4 Å². The van der Waals surface area contributed by atoms with E-state index in [0.717, 1.165) is 5.69 Å². The number of nitrogen functional groups attached to an aromatic ring is 1. The molecule has 0 aliphatic rings. The Morgan fingerprint density at radius 2 is 2.21 bits per heavy atom. The molecular weight excluding hydrogens is 176 g/mol. The van der Waals surface area contributed by atoms with E-state index < -0.39 is 0 Å². The summed E-state index contributed by atoms with van der Waals surface area (Å²) in [5.74, 6) is 0.178. The van der Waals surface area contributed by atoms with Crippen LogP contribution < -0.4 is 5.73 Å². The molecule has 0 atom stereocenters. The first-order valence-electron chi connectivity index (χ1n) is 4.56. The molecule has 74 valence electrons. The highest BCUT2D eigenvalue weighted by molar-refractivity contribution is 5.79. The van der Waals surface area contributed by atoms with Gasteiger partial charge in [-0.2, -0.15) is 0 Å². The number of ketones is 1. The zero-order valence-corrected chi connectivity index (χ0v) is 8.23. The minimum Gasteiger partial charge on any atom is -0.397 e. The Kier molecular flexibility index (Phi) is 3.85. The Hall–Kier alpha value is -1.64. The maximum atomic E-state index is 10.6. The summed E-state index contributed by atoms with van der Waals surface area (Å²) < 4.78 is 0. The first-order chi connectivity index (χ1) is 6.70. The third-order valence-electron chi connectivity index (χ3n) is 1.79. The highest BCUT2D eigenvalue weighted by Gasteiger charge is 1.93. The van der Waals surface area contributed by atoms with E-state index in [2.05, 4.69) is 4.99 Å². The zero-order valence-electron chi connectivity index (χ0n) is 8.23. The van der Waals surface area contributed by atoms with Crippen LogP contribution in [0.1, 0.15) is 19.8 Å². The minimum atomic E-state index is 0.178. The Morgan fingerprint density at radius 3 is 2.86 bits per heavy atom. The van der Waals surface area contributed by atoms with Gasteiger partial charge < -0.3 is 10.5 Å². The smallest absolute Gasteiger partial charge is 0.130 e. The largest absolute Gasteiger partial charge is 0.397 e. The minimum absolute atomic E-state index is 0.178. The van der Waals surface area contributed by atoms with Gasteiger partial charge in [-0.05, 0) is 25.5 Å². The van der Waals surface area contributed by atoms with Crippen molar-refractivity contribution < 1.29 is 4.79 Å². The molecule has 0 heterocycles. The molecule has 3 nitrogen and oxygen atoms in total. The average molecular weight is 190 g/mol. The second kappa shape index (κ2) is 5.17. The van der Waals surface area contributed by atoms with E-state index in [0.29, 0.717) is 18.5 Å². The van der Waals surface area contributed by atoms with Gasteiger partial charge in [0.15, 0.2) is 0 Å². The standard InChI is InChI=1S/C11H14N2O/c1-9(14)5-4-8-13-11-7-3-2-6-10(11)12/h2-3,6-8H,4-5,12H2,1H3. The molecule has 3 heteroatoms. The van der Waals surface area contributed by atoms with Gasteiger partial charge >= 0.3 is 0 Å². The van der Waals surface area contributed by atoms with Gasteiger partial charge in [-0.3, -0.25) is 4.99 Å². The molecule has 0 spiro atoms. The number of aliphatic imine (C=N–C) groups is 1. The van der Waals surface area contributed by atoms with Crippen LogP contribution in [-0.4, -0.2) is 12.0 Å². The number of nitrogens with two attached hydrogens (primary N) is 1. The Labute approximate surface area is 83.7 Å². The molecule has 0 fully saturated rings. The van der Waals surface area contributed by atoms with E-state index in [4.69, 9.17) is 5.73 Å². The van der Waals surface area contributed by atoms with Crippen LogP contribution in [0.2, 0.25) is 0 Å². The summed E-state index contributed by atoms with van der Waals surface area (Å²) in [6.07, 6.45) is 2.94. The predicted molar refractivity (Wildman–Crippen MR) is 58.9 cm³/mol. The van der Waals surface area contributed by atoms with Crippen molar-refractivity contribution in [1.29, 1.82) is 0 Å². The maximum Gasteiger partial charge on any atom is 0.130 e. The van der Waals surface area contributed by atoms with E-state index in [1.807, 2.05) is 18.2 Å². The number of Topliss-reactive ketones (excluding diaryl/α,β-unsaturated/α-hetero) is 1. The van der Waals surface area contributed by atoms with Crippen LogP contribution in [0.25, 0.3) is 0 Å². The molecule has 1 aromatic rings. The lowest BCUT2D eigenvalue weighted by Crippen LogP contribution is -1.89. The van der Waals surface area contributed by atoms with Crippen LogP contribution in [-0.2, 0) is 4.79 Å². The lowest BCUT2D eigenvalue weighted by atomic mass is 10.2. The number of anilines is 1. The Morgan fingerprint density at radius 1 is 1.50 bits per heavy atom. The molecule has 0 aliphatic carbocycles. The van der Waals surface area contributed by atoms with Crippen LogP contribution in [0.3, 0.4) is 0 Å². The SMILES string of the molecule is CC(=O)CCC=Nc1ccccc1N. The number of rotatable bonds is 4. The first-order valence-corrected chi connectivity index (χ1v) is 4.56.